The molecule has 0 heterocycles. The average molecular weight is 447 g/mol. The molecule has 0 spiro atoms. The number of halogens is 3. The molecule has 170 valence electrons. The predicted octanol–water partition coefficient (Wildman–Crippen LogP) is 2.26. The van der Waals surface area contributed by atoms with E-state index in [0.29, 0.717) is 31.1 Å². The summed E-state index contributed by atoms with van der Waals surface area (Å²) in [7, 11) is 0. The van der Waals surface area contributed by atoms with Crippen molar-refractivity contribution in [3.63, 3.8) is 0 Å². The topological polar surface area (TPSA) is 90.8 Å². The maximum Gasteiger partial charge on any atom is 0.293 e. The van der Waals surface area contributed by atoms with Crippen LogP contribution in [-0.4, -0.2) is 37.9 Å². The van der Waals surface area contributed by atoms with Gasteiger partial charge in [0.05, 0.1) is 19.6 Å². The van der Waals surface area contributed by atoms with E-state index in [1.165, 1.54) is 6.07 Å². The molecule has 1 aliphatic carbocycles. The van der Waals surface area contributed by atoms with Gasteiger partial charge in [0.15, 0.2) is 0 Å². The van der Waals surface area contributed by atoms with Gasteiger partial charge in [0, 0.05) is 30.8 Å². The third kappa shape index (κ3) is 5.88. The fourth-order valence-corrected chi connectivity index (χ4v) is 3.58. The zero-order chi connectivity index (χ0) is 23.1. The number of nitrogens with two attached hydrogens (primary N) is 1. The summed E-state index contributed by atoms with van der Waals surface area (Å²) in [5, 5.41) is 15.2. The second-order valence-electron chi connectivity index (χ2n) is 7.44. The zero-order valence-electron chi connectivity index (χ0n) is 17.7. The van der Waals surface area contributed by atoms with Crippen molar-refractivity contribution in [2.45, 2.75) is 25.9 Å². The molecule has 0 aliphatic heterocycles. The third-order valence-electron chi connectivity index (χ3n) is 5.05. The SMILES string of the molecule is CC[NH2+]CCNC(C=N)=C(OC1Cc2cccc(F)c2C1)C(=O)Nc1cc(F)cc(F)c1. The normalized spacial score (nSPS) is 15.6. The summed E-state index contributed by atoms with van der Waals surface area (Å²) >= 11 is 0. The Kier molecular flexibility index (Phi) is 7.88. The quantitative estimate of drug-likeness (QED) is 0.195. The Bertz CT molecular complexity index is 1010. The predicted molar refractivity (Wildman–Crippen MR) is 115 cm³/mol. The molecule has 2 aromatic rings. The number of carbonyl (C=O) groups is 1. The highest BCUT2D eigenvalue weighted by atomic mass is 19.1. The van der Waals surface area contributed by atoms with Crippen molar-refractivity contribution in [2.24, 2.45) is 0 Å². The number of hydrogen-bond donors (Lipinski definition) is 4. The fourth-order valence-electron chi connectivity index (χ4n) is 3.58. The van der Waals surface area contributed by atoms with Crippen molar-refractivity contribution in [1.29, 1.82) is 5.41 Å². The Morgan fingerprint density at radius 2 is 1.97 bits per heavy atom. The van der Waals surface area contributed by atoms with Gasteiger partial charge in [-0.25, -0.2) is 13.2 Å². The number of allylic oxidation sites excluding steroid dienone is 1. The Labute approximate surface area is 184 Å². The van der Waals surface area contributed by atoms with Crippen LogP contribution in [-0.2, 0) is 22.4 Å². The summed E-state index contributed by atoms with van der Waals surface area (Å²) < 4.78 is 47.1. The number of benzene rings is 2. The van der Waals surface area contributed by atoms with Crippen molar-refractivity contribution in [1.82, 2.24) is 5.32 Å². The van der Waals surface area contributed by atoms with Gasteiger partial charge in [0.2, 0.25) is 5.76 Å². The molecule has 1 amide bonds. The average Bonchev–Trinajstić information content (AvgIpc) is 3.16. The first-order valence-corrected chi connectivity index (χ1v) is 10.4. The number of fused-ring (bicyclic) bond motifs is 1. The van der Waals surface area contributed by atoms with Crippen molar-refractivity contribution < 1.29 is 28.0 Å². The minimum atomic E-state index is -0.839. The first kappa shape index (κ1) is 23.3. The molecule has 1 atom stereocenters. The number of nitrogens with one attached hydrogen (secondary N) is 3. The summed E-state index contributed by atoms with van der Waals surface area (Å²) in [4.78, 5) is 13.0. The molecular weight excluding hydrogens is 421 g/mol. The van der Waals surface area contributed by atoms with Crippen LogP contribution < -0.4 is 16.0 Å². The molecule has 5 N–H and O–H groups in total. The van der Waals surface area contributed by atoms with Gasteiger partial charge in [0.1, 0.15) is 29.3 Å². The molecule has 0 bridgehead atoms. The molecule has 0 saturated carbocycles. The monoisotopic (exact) mass is 447 g/mol. The van der Waals surface area contributed by atoms with Gasteiger partial charge in [-0.1, -0.05) is 12.1 Å². The van der Waals surface area contributed by atoms with Crippen LogP contribution in [0.15, 0.2) is 47.9 Å². The van der Waals surface area contributed by atoms with E-state index in [9.17, 15) is 18.0 Å². The van der Waals surface area contributed by atoms with Crippen LogP contribution in [0.25, 0.3) is 0 Å². The van der Waals surface area contributed by atoms with Gasteiger partial charge in [-0.2, -0.15) is 0 Å². The zero-order valence-corrected chi connectivity index (χ0v) is 17.7. The molecule has 2 aromatic carbocycles. The summed E-state index contributed by atoms with van der Waals surface area (Å²) in [6.45, 7) is 4.06. The van der Waals surface area contributed by atoms with Gasteiger partial charge in [0.25, 0.3) is 5.91 Å². The largest absolute Gasteiger partial charge is 0.482 e. The molecule has 32 heavy (non-hydrogen) atoms. The molecule has 0 aromatic heterocycles. The maximum atomic E-state index is 14.1. The van der Waals surface area contributed by atoms with E-state index in [1.54, 1.807) is 12.1 Å². The highest BCUT2D eigenvalue weighted by Crippen LogP contribution is 2.28. The van der Waals surface area contributed by atoms with Gasteiger partial charge in [-0.3, -0.25) is 4.79 Å². The summed E-state index contributed by atoms with van der Waals surface area (Å²) in [5.74, 6) is -2.97. The molecule has 3 rings (SSSR count). The van der Waals surface area contributed by atoms with Gasteiger partial charge < -0.3 is 26.1 Å². The van der Waals surface area contributed by atoms with Crippen LogP contribution >= 0.6 is 0 Å². The highest BCUT2D eigenvalue weighted by molar-refractivity contribution is 6.05. The van der Waals surface area contributed by atoms with Crippen LogP contribution in [0.4, 0.5) is 18.9 Å². The Balaban J connectivity index is 1.83. The smallest absolute Gasteiger partial charge is 0.293 e. The van der Waals surface area contributed by atoms with Crippen molar-refractivity contribution in [3.05, 3.63) is 76.4 Å². The van der Waals surface area contributed by atoms with Gasteiger partial charge in [-0.05, 0) is 36.2 Å². The molecule has 0 saturated heterocycles. The molecule has 9 heteroatoms. The van der Waals surface area contributed by atoms with Crippen molar-refractivity contribution in [3.8, 4) is 0 Å². The van der Waals surface area contributed by atoms with E-state index in [0.717, 1.165) is 30.5 Å². The van der Waals surface area contributed by atoms with Crippen LogP contribution in [0.1, 0.15) is 18.1 Å². The minimum Gasteiger partial charge on any atom is -0.482 e. The van der Waals surface area contributed by atoms with Gasteiger partial charge in [-0.15, -0.1) is 0 Å². The molecule has 1 aliphatic rings. The summed E-state index contributed by atoms with van der Waals surface area (Å²) in [6.07, 6.45) is 1.09. The highest BCUT2D eigenvalue weighted by Gasteiger charge is 2.29. The maximum absolute atomic E-state index is 14.1. The fraction of sp³-hybridized carbons (Fsp3) is 0.304. The molecular formula is C23H26F3N4O2+. The van der Waals surface area contributed by atoms with Gasteiger partial charge >= 0.3 is 0 Å². The van der Waals surface area contributed by atoms with E-state index in [4.69, 9.17) is 10.1 Å². The molecule has 6 nitrogen and oxygen atoms in total. The van der Waals surface area contributed by atoms with Crippen LogP contribution in [0.3, 0.4) is 0 Å². The lowest BCUT2D eigenvalue weighted by Gasteiger charge is -2.19. The van der Waals surface area contributed by atoms with Crippen LogP contribution in [0.5, 0.6) is 0 Å². The number of ether oxygens (including phenoxy) is 1. The number of anilines is 1. The molecule has 0 radical (unpaired) electrons. The summed E-state index contributed by atoms with van der Waals surface area (Å²) in [6, 6.07) is 7.45. The van der Waals surface area contributed by atoms with Crippen LogP contribution in [0.2, 0.25) is 0 Å². The van der Waals surface area contributed by atoms with E-state index in [1.807, 2.05) is 12.2 Å². The first-order valence-electron chi connectivity index (χ1n) is 10.4. The lowest BCUT2D eigenvalue weighted by Crippen LogP contribution is -2.85. The standard InChI is InChI=1S/C23H25F3N4O2/c1-2-28-6-7-29-21(13-27)22(23(31)30-17-10-15(24)9-16(25)11-17)32-18-8-14-4-3-5-20(26)19(14)12-18/h3-5,9-11,13,18,27-29H,2,6-8,12H2,1H3,(H,30,31)/p+1. The number of rotatable bonds is 10. The number of hydrogen-bond acceptors (Lipinski definition) is 4. The van der Waals surface area contributed by atoms with E-state index >= 15 is 0 Å². The summed E-state index contributed by atoms with van der Waals surface area (Å²) in [5.41, 5.74) is 1.37. The van der Waals surface area contributed by atoms with Crippen molar-refractivity contribution >= 4 is 17.8 Å². The Morgan fingerprint density at radius 1 is 1.22 bits per heavy atom. The number of carbonyl (C=O) groups excluding carboxylic acids is 1. The third-order valence-corrected chi connectivity index (χ3v) is 5.05. The number of amides is 1. The first-order chi connectivity index (χ1) is 15.4. The minimum absolute atomic E-state index is 0.0852. The Morgan fingerprint density at radius 3 is 2.62 bits per heavy atom. The number of likely N-dealkylation sites (N-methyl/N-ethyl adjacent to an activating group) is 1. The van der Waals surface area contributed by atoms with E-state index < -0.39 is 23.6 Å². The van der Waals surface area contributed by atoms with Crippen molar-refractivity contribution in [2.75, 3.05) is 25.0 Å². The molecule has 1 unspecified atom stereocenters. The lowest BCUT2D eigenvalue weighted by molar-refractivity contribution is -0.649. The van der Waals surface area contributed by atoms with Crippen LogP contribution in [0, 0.1) is 22.9 Å². The second-order valence-corrected chi connectivity index (χ2v) is 7.44. The Hall–Kier alpha value is -3.33. The van der Waals surface area contributed by atoms with E-state index in [2.05, 4.69) is 10.6 Å². The van der Waals surface area contributed by atoms with E-state index in [-0.39, 0.29) is 29.4 Å². The second kappa shape index (κ2) is 10.8. The lowest BCUT2D eigenvalue weighted by atomic mass is 10.1. The molecule has 0 fully saturated rings. The number of quaternary nitrogens is 1.